The molecule has 2 aromatic rings. The second kappa shape index (κ2) is 8.80. The summed E-state index contributed by atoms with van der Waals surface area (Å²) in [6.45, 7) is 0.618. The van der Waals surface area contributed by atoms with Crippen LogP contribution in [0.15, 0.2) is 59.7 Å². The molecule has 0 atom stereocenters. The van der Waals surface area contributed by atoms with Crippen LogP contribution in [0, 0.1) is 5.92 Å². The quantitative estimate of drug-likeness (QED) is 0.336. The summed E-state index contributed by atoms with van der Waals surface area (Å²) in [4.78, 5) is 23.2. The molecule has 2 aliphatic rings. The predicted octanol–water partition coefficient (Wildman–Crippen LogP) is 3.29. The van der Waals surface area contributed by atoms with Crippen molar-refractivity contribution < 1.29 is 9.59 Å². The van der Waals surface area contributed by atoms with Crippen LogP contribution in [-0.4, -0.2) is 25.0 Å². The molecule has 0 saturated heterocycles. The molecular weight excluding hydrogens is 340 g/mol. The number of aldehydes is 1. The maximum atomic E-state index is 11.8. The van der Waals surface area contributed by atoms with Gasteiger partial charge in [-0.15, -0.1) is 0 Å². The van der Waals surface area contributed by atoms with Gasteiger partial charge in [0.2, 0.25) is 5.91 Å². The number of hydrogen-bond donors (Lipinski definition) is 3. The van der Waals surface area contributed by atoms with Gasteiger partial charge in [0.05, 0.1) is 6.21 Å². The molecule has 0 radical (unpaired) electrons. The minimum Gasteiger partial charge on any atom is -0.381 e. The lowest BCUT2D eigenvalue weighted by molar-refractivity contribution is -0.117. The van der Waals surface area contributed by atoms with E-state index in [2.05, 4.69) is 15.7 Å². The highest BCUT2D eigenvalue weighted by atomic mass is 16.2. The molecular formula is C21H22N4O2. The zero-order valence-electron chi connectivity index (χ0n) is 14.9. The Balaban J connectivity index is 0.000000299. The predicted molar refractivity (Wildman–Crippen MR) is 109 cm³/mol. The van der Waals surface area contributed by atoms with E-state index >= 15 is 0 Å². The molecule has 27 heavy (non-hydrogen) atoms. The van der Waals surface area contributed by atoms with Gasteiger partial charge in [0.25, 0.3) is 0 Å². The largest absolute Gasteiger partial charge is 0.381 e. The van der Waals surface area contributed by atoms with E-state index in [1.165, 1.54) is 6.21 Å². The number of allylic oxidation sites excluding steroid dienone is 1. The molecule has 0 spiro atoms. The van der Waals surface area contributed by atoms with E-state index in [9.17, 15) is 9.59 Å². The fourth-order valence-electron chi connectivity index (χ4n) is 2.84. The number of carbonyl (C=O) groups excluding carboxylic acids is 2. The van der Waals surface area contributed by atoms with Crippen molar-refractivity contribution in [3.63, 3.8) is 0 Å². The average molecular weight is 362 g/mol. The number of hydrazone groups is 1. The molecule has 1 aliphatic carbocycles. The standard InChI is InChI=1S/C15H16N4O2.C6H6/c16-18-7-10-3-4-17-13-6-12(5-11(8-20)14(10)13)19-15(21)9-1-2-9;1-2-4-6-5-3-1/h3,5-9,17H,1-2,4,16H2,(H,19,21);1-6H/b18-7-;. The zero-order chi connectivity index (χ0) is 19.1. The first-order valence-electron chi connectivity index (χ1n) is 8.84. The molecule has 4 rings (SSSR count). The summed E-state index contributed by atoms with van der Waals surface area (Å²) in [5.41, 5.74) is 3.48. The van der Waals surface area contributed by atoms with E-state index < -0.39 is 0 Å². The van der Waals surface area contributed by atoms with Crippen molar-refractivity contribution in [3.8, 4) is 0 Å². The van der Waals surface area contributed by atoms with Crippen LogP contribution in [0.4, 0.5) is 11.4 Å². The molecule has 0 aromatic heterocycles. The van der Waals surface area contributed by atoms with Crippen molar-refractivity contribution in [3.05, 3.63) is 65.7 Å². The lowest BCUT2D eigenvalue weighted by atomic mass is 9.95. The van der Waals surface area contributed by atoms with E-state index in [4.69, 9.17) is 5.84 Å². The van der Waals surface area contributed by atoms with Gasteiger partial charge in [-0.2, -0.15) is 5.10 Å². The van der Waals surface area contributed by atoms with Gasteiger partial charge in [-0.1, -0.05) is 42.5 Å². The highest BCUT2D eigenvalue weighted by Crippen LogP contribution is 2.34. The van der Waals surface area contributed by atoms with Crippen LogP contribution in [0.1, 0.15) is 28.8 Å². The van der Waals surface area contributed by atoms with E-state index in [0.29, 0.717) is 17.8 Å². The van der Waals surface area contributed by atoms with Crippen molar-refractivity contribution in [2.24, 2.45) is 16.9 Å². The molecule has 138 valence electrons. The van der Waals surface area contributed by atoms with Gasteiger partial charge in [0, 0.05) is 40.5 Å². The van der Waals surface area contributed by atoms with Crippen molar-refractivity contribution >= 4 is 35.4 Å². The van der Waals surface area contributed by atoms with Crippen LogP contribution in [0.5, 0.6) is 0 Å². The molecule has 6 heteroatoms. The van der Waals surface area contributed by atoms with E-state index in [0.717, 1.165) is 36.0 Å². The molecule has 6 nitrogen and oxygen atoms in total. The molecule has 1 heterocycles. The third kappa shape index (κ3) is 4.82. The molecule has 4 N–H and O–H groups in total. The Labute approximate surface area is 158 Å². The van der Waals surface area contributed by atoms with Gasteiger partial charge in [0.1, 0.15) is 0 Å². The molecule has 1 saturated carbocycles. The summed E-state index contributed by atoms with van der Waals surface area (Å²) in [5.74, 6) is 5.34. The number of nitrogens with zero attached hydrogens (tertiary/aromatic N) is 1. The van der Waals surface area contributed by atoms with Gasteiger partial charge >= 0.3 is 0 Å². The Morgan fingerprint density at radius 3 is 2.37 bits per heavy atom. The number of rotatable bonds is 4. The summed E-state index contributed by atoms with van der Waals surface area (Å²) in [5, 5.41) is 9.58. The second-order valence-corrected chi connectivity index (χ2v) is 6.34. The topological polar surface area (TPSA) is 96.6 Å². The minimum atomic E-state index is 0.0156. The summed E-state index contributed by atoms with van der Waals surface area (Å²) in [6, 6.07) is 15.5. The number of hydrogen-bond acceptors (Lipinski definition) is 5. The number of carbonyl (C=O) groups is 2. The number of anilines is 2. The van der Waals surface area contributed by atoms with Gasteiger partial charge in [0.15, 0.2) is 6.29 Å². The molecule has 2 aromatic carbocycles. The maximum absolute atomic E-state index is 11.8. The summed E-state index contributed by atoms with van der Waals surface area (Å²) >= 11 is 0. The van der Waals surface area contributed by atoms with Crippen molar-refractivity contribution in [2.45, 2.75) is 12.8 Å². The number of nitrogens with one attached hydrogen (secondary N) is 2. The lowest BCUT2D eigenvalue weighted by Gasteiger charge is -2.20. The average Bonchev–Trinajstić information content (AvgIpc) is 3.55. The van der Waals surface area contributed by atoms with Crippen LogP contribution in [0.2, 0.25) is 0 Å². The molecule has 1 aliphatic heterocycles. The van der Waals surface area contributed by atoms with Crippen LogP contribution in [0.25, 0.3) is 5.57 Å². The normalized spacial score (nSPS) is 14.9. The third-order valence-electron chi connectivity index (χ3n) is 4.29. The lowest BCUT2D eigenvalue weighted by Crippen LogP contribution is -2.16. The van der Waals surface area contributed by atoms with Gasteiger partial charge in [-0.05, 0) is 25.0 Å². The van der Waals surface area contributed by atoms with Gasteiger partial charge in [-0.3, -0.25) is 9.59 Å². The number of amides is 1. The smallest absolute Gasteiger partial charge is 0.227 e. The van der Waals surface area contributed by atoms with Gasteiger partial charge < -0.3 is 16.5 Å². The first-order chi connectivity index (χ1) is 13.2. The van der Waals surface area contributed by atoms with Crippen molar-refractivity contribution in [1.29, 1.82) is 0 Å². The van der Waals surface area contributed by atoms with Crippen LogP contribution in [-0.2, 0) is 4.79 Å². The fourth-order valence-corrected chi connectivity index (χ4v) is 2.84. The van der Waals surface area contributed by atoms with E-state index in [1.807, 2.05) is 48.5 Å². The Kier molecular flexibility index (Phi) is 5.99. The Bertz CT molecular complexity index is 845. The Hall–Kier alpha value is -3.41. The molecule has 1 fully saturated rings. The summed E-state index contributed by atoms with van der Waals surface area (Å²) < 4.78 is 0. The monoisotopic (exact) mass is 362 g/mol. The Morgan fingerprint density at radius 1 is 1.15 bits per heavy atom. The van der Waals surface area contributed by atoms with Crippen LogP contribution < -0.4 is 16.5 Å². The molecule has 0 unspecified atom stereocenters. The third-order valence-corrected chi connectivity index (χ3v) is 4.29. The maximum Gasteiger partial charge on any atom is 0.227 e. The first kappa shape index (κ1) is 18.4. The van der Waals surface area contributed by atoms with E-state index in [-0.39, 0.29) is 11.8 Å². The zero-order valence-corrected chi connectivity index (χ0v) is 14.9. The first-order valence-corrected chi connectivity index (χ1v) is 8.84. The fraction of sp³-hybridized carbons (Fsp3) is 0.190. The molecule has 1 amide bonds. The summed E-state index contributed by atoms with van der Waals surface area (Å²) in [7, 11) is 0. The highest BCUT2D eigenvalue weighted by Gasteiger charge is 2.30. The molecule has 0 bridgehead atoms. The van der Waals surface area contributed by atoms with Crippen molar-refractivity contribution in [1.82, 2.24) is 0 Å². The number of benzene rings is 2. The van der Waals surface area contributed by atoms with E-state index in [1.54, 1.807) is 6.07 Å². The minimum absolute atomic E-state index is 0.0156. The van der Waals surface area contributed by atoms with Crippen LogP contribution in [0.3, 0.4) is 0 Å². The Morgan fingerprint density at radius 2 is 1.81 bits per heavy atom. The highest BCUT2D eigenvalue weighted by molar-refractivity contribution is 6.16. The summed E-state index contributed by atoms with van der Waals surface area (Å²) in [6.07, 6.45) is 6.09. The van der Waals surface area contributed by atoms with Crippen molar-refractivity contribution in [2.75, 3.05) is 17.2 Å². The second-order valence-electron chi connectivity index (χ2n) is 6.34. The number of nitrogens with two attached hydrogens (primary N) is 1. The van der Waals surface area contributed by atoms with Gasteiger partial charge in [-0.25, -0.2) is 0 Å². The number of fused-ring (bicyclic) bond motifs is 1. The SMILES string of the molecule is N/N=C\C1=CCNc2cc(NC(=O)C3CC3)cc(C=O)c21.c1ccccc1. The van der Waals surface area contributed by atoms with Crippen LogP contribution >= 0.6 is 0 Å².